The number of benzene rings is 1. The Morgan fingerprint density at radius 3 is 2.80 bits per heavy atom. The predicted octanol–water partition coefficient (Wildman–Crippen LogP) is 3.67. The van der Waals surface area contributed by atoms with E-state index in [0.717, 1.165) is 62.6 Å². The number of aryl methyl sites for hydroxylation is 1. The molecular weight excluding hydrogens is 314 g/mol. The van der Waals surface area contributed by atoms with E-state index in [1.165, 1.54) is 5.56 Å². The highest BCUT2D eigenvalue weighted by atomic mass is 16.5. The molecule has 1 unspecified atom stereocenters. The molecule has 1 aliphatic heterocycles. The van der Waals surface area contributed by atoms with Gasteiger partial charge in [-0.2, -0.15) is 0 Å². The van der Waals surface area contributed by atoms with E-state index in [1.807, 2.05) is 12.1 Å². The number of furan rings is 1. The van der Waals surface area contributed by atoms with Crippen molar-refractivity contribution in [2.24, 2.45) is 5.41 Å². The third kappa shape index (κ3) is 4.44. The van der Waals surface area contributed by atoms with Gasteiger partial charge in [0.2, 0.25) is 0 Å². The van der Waals surface area contributed by atoms with E-state index in [-0.39, 0.29) is 12.0 Å². The van der Waals surface area contributed by atoms with Crippen LogP contribution in [-0.4, -0.2) is 36.8 Å². The first-order chi connectivity index (χ1) is 12.2. The maximum Gasteiger partial charge on any atom is 0.119 e. The molecule has 1 aliphatic rings. The van der Waals surface area contributed by atoms with Crippen molar-refractivity contribution in [3.05, 3.63) is 53.5 Å². The molecule has 3 rings (SSSR count). The number of methoxy groups -OCH3 is 1. The van der Waals surface area contributed by atoms with E-state index in [0.29, 0.717) is 0 Å². The Kier molecular flexibility index (Phi) is 5.82. The standard InChI is InChI=1S/C21H29NO3/c1-3-18-8-9-20(25-18)14-22-11-5-10-21(15-22,16-23)13-17-6-4-7-19(12-17)24-2/h4,6-9,12,23H,3,5,10-11,13-16H2,1-2H3. The van der Waals surface area contributed by atoms with E-state index < -0.39 is 0 Å². The van der Waals surface area contributed by atoms with Crippen molar-refractivity contribution < 1.29 is 14.3 Å². The lowest BCUT2D eigenvalue weighted by Gasteiger charge is -2.41. The lowest BCUT2D eigenvalue weighted by Crippen LogP contribution is -2.46. The molecular formula is C21H29NO3. The fourth-order valence-electron chi connectivity index (χ4n) is 3.91. The Hall–Kier alpha value is -1.78. The summed E-state index contributed by atoms with van der Waals surface area (Å²) in [6, 6.07) is 12.3. The third-order valence-corrected chi connectivity index (χ3v) is 5.23. The highest BCUT2D eigenvalue weighted by Gasteiger charge is 2.35. The smallest absolute Gasteiger partial charge is 0.119 e. The fraction of sp³-hybridized carbons (Fsp3) is 0.524. The number of rotatable bonds is 7. The van der Waals surface area contributed by atoms with Gasteiger partial charge in [0.15, 0.2) is 0 Å². The Balaban J connectivity index is 1.69. The molecule has 4 heteroatoms. The molecule has 2 aromatic rings. The zero-order valence-electron chi connectivity index (χ0n) is 15.3. The number of ether oxygens (including phenoxy) is 1. The maximum absolute atomic E-state index is 10.2. The van der Waals surface area contributed by atoms with Crippen molar-refractivity contribution in [1.82, 2.24) is 4.90 Å². The van der Waals surface area contributed by atoms with Gasteiger partial charge in [0.1, 0.15) is 17.3 Å². The fourth-order valence-corrected chi connectivity index (χ4v) is 3.91. The largest absolute Gasteiger partial charge is 0.497 e. The monoisotopic (exact) mass is 343 g/mol. The van der Waals surface area contributed by atoms with E-state index >= 15 is 0 Å². The summed E-state index contributed by atoms with van der Waals surface area (Å²) >= 11 is 0. The summed E-state index contributed by atoms with van der Waals surface area (Å²) in [5.41, 5.74) is 1.13. The van der Waals surface area contributed by atoms with Gasteiger partial charge >= 0.3 is 0 Å². The van der Waals surface area contributed by atoms with Gasteiger partial charge in [0, 0.05) is 18.4 Å². The molecule has 4 nitrogen and oxygen atoms in total. The summed E-state index contributed by atoms with van der Waals surface area (Å²) in [5, 5.41) is 10.2. The van der Waals surface area contributed by atoms with Crippen LogP contribution >= 0.6 is 0 Å². The molecule has 1 atom stereocenters. The van der Waals surface area contributed by atoms with Crippen molar-refractivity contribution in [3.8, 4) is 5.75 Å². The van der Waals surface area contributed by atoms with E-state index in [1.54, 1.807) is 7.11 Å². The summed E-state index contributed by atoms with van der Waals surface area (Å²) in [7, 11) is 1.69. The van der Waals surface area contributed by atoms with Crippen molar-refractivity contribution >= 4 is 0 Å². The van der Waals surface area contributed by atoms with Crippen molar-refractivity contribution in [3.63, 3.8) is 0 Å². The number of hydrogen-bond donors (Lipinski definition) is 1. The molecule has 0 aliphatic carbocycles. The molecule has 0 saturated carbocycles. The lowest BCUT2D eigenvalue weighted by molar-refractivity contribution is 0.0260. The molecule has 0 bridgehead atoms. The number of aliphatic hydroxyl groups excluding tert-OH is 1. The van der Waals surface area contributed by atoms with E-state index in [2.05, 4.69) is 36.1 Å². The minimum atomic E-state index is -0.0925. The Bertz CT molecular complexity index is 681. The summed E-state index contributed by atoms with van der Waals surface area (Å²) in [5.74, 6) is 2.93. The second kappa shape index (κ2) is 8.07. The third-order valence-electron chi connectivity index (χ3n) is 5.23. The first-order valence-electron chi connectivity index (χ1n) is 9.20. The second-order valence-electron chi connectivity index (χ2n) is 7.22. The molecule has 1 aromatic heterocycles. The number of likely N-dealkylation sites (tertiary alicyclic amines) is 1. The SMILES string of the molecule is CCc1ccc(CN2CCCC(CO)(Cc3cccc(OC)c3)C2)o1. The summed E-state index contributed by atoms with van der Waals surface area (Å²) in [4.78, 5) is 2.41. The molecule has 2 heterocycles. The zero-order valence-corrected chi connectivity index (χ0v) is 15.3. The van der Waals surface area contributed by atoms with Crippen LogP contribution in [-0.2, 0) is 19.4 Å². The van der Waals surface area contributed by atoms with Crippen molar-refractivity contribution in [2.75, 3.05) is 26.8 Å². The quantitative estimate of drug-likeness (QED) is 0.833. The van der Waals surface area contributed by atoms with Crippen LogP contribution in [0.15, 0.2) is 40.8 Å². The molecule has 1 fully saturated rings. The van der Waals surface area contributed by atoms with Crippen LogP contribution in [0.5, 0.6) is 5.75 Å². The van der Waals surface area contributed by atoms with Gasteiger partial charge in [-0.1, -0.05) is 19.1 Å². The highest BCUT2D eigenvalue weighted by Crippen LogP contribution is 2.34. The number of aliphatic hydroxyl groups is 1. The van der Waals surface area contributed by atoms with Gasteiger partial charge in [-0.25, -0.2) is 0 Å². The van der Waals surface area contributed by atoms with Crippen LogP contribution in [0.1, 0.15) is 36.8 Å². The van der Waals surface area contributed by atoms with E-state index in [4.69, 9.17) is 9.15 Å². The molecule has 0 radical (unpaired) electrons. The minimum absolute atomic E-state index is 0.0925. The zero-order chi connectivity index (χ0) is 17.7. The van der Waals surface area contributed by atoms with Crippen LogP contribution in [0.4, 0.5) is 0 Å². The number of nitrogens with zero attached hydrogens (tertiary/aromatic N) is 1. The Morgan fingerprint density at radius 1 is 1.24 bits per heavy atom. The van der Waals surface area contributed by atoms with Crippen LogP contribution < -0.4 is 4.74 Å². The Morgan fingerprint density at radius 2 is 2.08 bits per heavy atom. The van der Waals surface area contributed by atoms with Gasteiger partial charge in [-0.15, -0.1) is 0 Å². The Labute approximate surface area is 150 Å². The van der Waals surface area contributed by atoms with Gasteiger partial charge in [0.25, 0.3) is 0 Å². The average Bonchev–Trinajstić information content (AvgIpc) is 3.09. The summed E-state index contributed by atoms with van der Waals surface area (Å²) in [6.07, 6.45) is 3.95. The molecule has 1 saturated heterocycles. The molecule has 0 spiro atoms. The molecule has 25 heavy (non-hydrogen) atoms. The van der Waals surface area contributed by atoms with Crippen molar-refractivity contribution in [1.29, 1.82) is 0 Å². The molecule has 1 aromatic carbocycles. The average molecular weight is 343 g/mol. The first-order valence-corrected chi connectivity index (χ1v) is 9.20. The maximum atomic E-state index is 10.2. The predicted molar refractivity (Wildman–Crippen MR) is 98.8 cm³/mol. The highest BCUT2D eigenvalue weighted by molar-refractivity contribution is 5.29. The van der Waals surface area contributed by atoms with Gasteiger partial charge < -0.3 is 14.3 Å². The van der Waals surface area contributed by atoms with Gasteiger partial charge in [-0.05, 0) is 55.6 Å². The summed E-state index contributed by atoms with van der Waals surface area (Å²) in [6.45, 7) is 5.08. The molecule has 0 amide bonds. The van der Waals surface area contributed by atoms with Crippen LogP contribution in [0.3, 0.4) is 0 Å². The molecule has 136 valence electrons. The summed E-state index contributed by atoms with van der Waals surface area (Å²) < 4.78 is 11.2. The van der Waals surface area contributed by atoms with Crippen LogP contribution in [0, 0.1) is 5.41 Å². The van der Waals surface area contributed by atoms with Crippen LogP contribution in [0.25, 0.3) is 0 Å². The number of hydrogen-bond acceptors (Lipinski definition) is 4. The van der Waals surface area contributed by atoms with Crippen LogP contribution in [0.2, 0.25) is 0 Å². The topological polar surface area (TPSA) is 45.8 Å². The number of piperidine rings is 1. The van der Waals surface area contributed by atoms with Gasteiger partial charge in [0.05, 0.1) is 20.3 Å². The minimum Gasteiger partial charge on any atom is -0.497 e. The van der Waals surface area contributed by atoms with Gasteiger partial charge in [-0.3, -0.25) is 4.90 Å². The molecule has 1 N–H and O–H groups in total. The van der Waals surface area contributed by atoms with Crippen molar-refractivity contribution in [2.45, 2.75) is 39.2 Å². The first kappa shape index (κ1) is 18.0. The lowest BCUT2D eigenvalue weighted by atomic mass is 9.75. The van der Waals surface area contributed by atoms with E-state index in [9.17, 15) is 5.11 Å². The normalized spacial score (nSPS) is 21.4. The second-order valence-corrected chi connectivity index (χ2v) is 7.22.